The maximum atomic E-state index is 11.4. The van der Waals surface area contributed by atoms with Crippen LogP contribution in [-0.4, -0.2) is 10.9 Å². The fourth-order valence-electron chi connectivity index (χ4n) is 0.875. The molecule has 0 radical (unpaired) electrons. The van der Waals surface area contributed by atoms with Crippen molar-refractivity contribution in [3.8, 4) is 5.75 Å². The summed E-state index contributed by atoms with van der Waals surface area (Å²) in [5, 5.41) is 11.2. The zero-order chi connectivity index (χ0) is 9.30. The number of rotatable bonds is 2. The van der Waals surface area contributed by atoms with Crippen molar-refractivity contribution in [2.24, 2.45) is 5.92 Å². The molecular formula is C9H12O2S. The maximum absolute atomic E-state index is 11.4. The molecule has 1 rings (SSSR count). The third-order valence-electron chi connectivity index (χ3n) is 1.69. The Bertz CT molecular complexity index is 299. The SMILES string of the molecule is Cc1csc(C(=O)C(C)C)c1O. The van der Waals surface area contributed by atoms with Crippen molar-refractivity contribution in [1.29, 1.82) is 0 Å². The van der Waals surface area contributed by atoms with Gasteiger partial charge in [0.05, 0.1) is 0 Å². The molecule has 0 atom stereocenters. The standard InChI is InChI=1S/C9H12O2S/c1-5(2)7(10)9-8(11)6(3)4-12-9/h4-5,11H,1-3H3. The topological polar surface area (TPSA) is 37.3 Å². The van der Waals surface area contributed by atoms with E-state index in [-0.39, 0.29) is 17.5 Å². The molecule has 0 unspecified atom stereocenters. The first kappa shape index (κ1) is 9.26. The summed E-state index contributed by atoms with van der Waals surface area (Å²) in [5.74, 6) is 0.123. The number of carbonyl (C=O) groups excluding carboxylic acids is 1. The molecule has 0 aliphatic rings. The molecule has 66 valence electrons. The van der Waals surface area contributed by atoms with Crippen LogP contribution in [0.3, 0.4) is 0 Å². The molecule has 0 saturated heterocycles. The van der Waals surface area contributed by atoms with E-state index in [1.54, 1.807) is 12.3 Å². The van der Waals surface area contributed by atoms with Gasteiger partial charge in [0, 0.05) is 11.5 Å². The maximum Gasteiger partial charge on any atom is 0.179 e. The molecule has 0 amide bonds. The molecule has 0 bridgehead atoms. The summed E-state index contributed by atoms with van der Waals surface area (Å²) in [6, 6.07) is 0. The minimum atomic E-state index is -0.0473. The van der Waals surface area contributed by atoms with Crippen molar-refractivity contribution in [2.75, 3.05) is 0 Å². The fraction of sp³-hybridized carbons (Fsp3) is 0.444. The Morgan fingerprint density at radius 2 is 2.17 bits per heavy atom. The Hall–Kier alpha value is -0.830. The van der Waals surface area contributed by atoms with Crippen LogP contribution < -0.4 is 0 Å². The Kier molecular flexibility index (Phi) is 2.52. The normalized spacial score (nSPS) is 10.7. The monoisotopic (exact) mass is 184 g/mol. The van der Waals surface area contributed by atoms with E-state index in [4.69, 9.17) is 0 Å². The molecule has 12 heavy (non-hydrogen) atoms. The van der Waals surface area contributed by atoms with E-state index in [1.165, 1.54) is 11.3 Å². The van der Waals surface area contributed by atoms with Gasteiger partial charge in [-0.05, 0) is 12.3 Å². The molecule has 1 N–H and O–H groups in total. The van der Waals surface area contributed by atoms with Crippen molar-refractivity contribution in [1.82, 2.24) is 0 Å². The van der Waals surface area contributed by atoms with Gasteiger partial charge in [-0.15, -0.1) is 11.3 Å². The summed E-state index contributed by atoms with van der Waals surface area (Å²) in [4.78, 5) is 11.9. The smallest absolute Gasteiger partial charge is 0.179 e. The van der Waals surface area contributed by atoms with E-state index >= 15 is 0 Å². The predicted octanol–water partition coefficient (Wildman–Crippen LogP) is 2.60. The third-order valence-corrected chi connectivity index (χ3v) is 2.79. The van der Waals surface area contributed by atoms with Crippen LogP contribution in [-0.2, 0) is 0 Å². The lowest BCUT2D eigenvalue weighted by Crippen LogP contribution is -2.05. The highest BCUT2D eigenvalue weighted by Crippen LogP contribution is 2.30. The van der Waals surface area contributed by atoms with Crippen LogP contribution in [0.1, 0.15) is 29.1 Å². The van der Waals surface area contributed by atoms with Crippen LogP contribution >= 0.6 is 11.3 Å². The van der Waals surface area contributed by atoms with Gasteiger partial charge in [0.1, 0.15) is 10.6 Å². The quantitative estimate of drug-likeness (QED) is 0.717. The van der Waals surface area contributed by atoms with Gasteiger partial charge >= 0.3 is 0 Å². The van der Waals surface area contributed by atoms with E-state index in [1.807, 2.05) is 13.8 Å². The van der Waals surface area contributed by atoms with Gasteiger partial charge in [-0.3, -0.25) is 4.79 Å². The van der Waals surface area contributed by atoms with Crippen LogP contribution in [0.15, 0.2) is 5.38 Å². The molecule has 0 aromatic carbocycles. The molecule has 1 aromatic heterocycles. The van der Waals surface area contributed by atoms with Crippen molar-refractivity contribution >= 4 is 17.1 Å². The minimum Gasteiger partial charge on any atom is -0.506 e. The highest BCUT2D eigenvalue weighted by molar-refractivity contribution is 7.12. The Labute approximate surface area is 75.9 Å². The Morgan fingerprint density at radius 1 is 1.58 bits per heavy atom. The average molecular weight is 184 g/mol. The number of thiophene rings is 1. The molecular weight excluding hydrogens is 172 g/mol. The Morgan fingerprint density at radius 3 is 2.50 bits per heavy atom. The molecule has 0 saturated carbocycles. The van der Waals surface area contributed by atoms with Crippen molar-refractivity contribution in [2.45, 2.75) is 20.8 Å². The van der Waals surface area contributed by atoms with E-state index < -0.39 is 0 Å². The second kappa shape index (κ2) is 3.27. The summed E-state index contributed by atoms with van der Waals surface area (Å²) in [7, 11) is 0. The molecule has 0 fully saturated rings. The molecule has 2 nitrogen and oxygen atoms in total. The first-order chi connectivity index (χ1) is 5.54. The van der Waals surface area contributed by atoms with Gasteiger partial charge in [-0.2, -0.15) is 0 Å². The molecule has 0 spiro atoms. The lowest BCUT2D eigenvalue weighted by molar-refractivity contribution is 0.0941. The van der Waals surface area contributed by atoms with Gasteiger partial charge in [-0.1, -0.05) is 13.8 Å². The molecule has 1 aromatic rings. The first-order valence-electron chi connectivity index (χ1n) is 3.85. The van der Waals surface area contributed by atoms with Gasteiger partial charge in [0.15, 0.2) is 5.78 Å². The van der Waals surface area contributed by atoms with E-state index in [0.29, 0.717) is 4.88 Å². The van der Waals surface area contributed by atoms with Gasteiger partial charge < -0.3 is 5.11 Å². The molecule has 0 aliphatic carbocycles. The molecule has 1 heterocycles. The second-order valence-electron chi connectivity index (χ2n) is 3.12. The Balaban J connectivity index is 3.04. The van der Waals surface area contributed by atoms with E-state index in [2.05, 4.69) is 0 Å². The van der Waals surface area contributed by atoms with Crippen LogP contribution in [0, 0.1) is 12.8 Å². The summed E-state index contributed by atoms with van der Waals surface area (Å²) < 4.78 is 0. The first-order valence-corrected chi connectivity index (χ1v) is 4.73. The number of ketones is 1. The van der Waals surface area contributed by atoms with Gasteiger partial charge in [0.25, 0.3) is 0 Å². The van der Waals surface area contributed by atoms with Crippen LogP contribution in [0.5, 0.6) is 5.75 Å². The number of hydrogen-bond acceptors (Lipinski definition) is 3. The predicted molar refractivity (Wildman–Crippen MR) is 49.9 cm³/mol. The number of aromatic hydroxyl groups is 1. The van der Waals surface area contributed by atoms with Crippen molar-refractivity contribution in [3.63, 3.8) is 0 Å². The number of aryl methyl sites for hydroxylation is 1. The minimum absolute atomic E-state index is 0.0191. The number of hydrogen-bond donors (Lipinski definition) is 1. The van der Waals surface area contributed by atoms with E-state index in [9.17, 15) is 9.90 Å². The lowest BCUT2D eigenvalue weighted by atomic mass is 10.1. The van der Waals surface area contributed by atoms with E-state index in [0.717, 1.165) is 5.56 Å². The largest absolute Gasteiger partial charge is 0.506 e. The van der Waals surface area contributed by atoms with Crippen molar-refractivity contribution < 1.29 is 9.90 Å². The van der Waals surface area contributed by atoms with Crippen LogP contribution in [0.2, 0.25) is 0 Å². The van der Waals surface area contributed by atoms with Gasteiger partial charge in [0.2, 0.25) is 0 Å². The number of carbonyl (C=O) groups is 1. The molecule has 3 heteroatoms. The summed E-state index contributed by atoms with van der Waals surface area (Å²) >= 11 is 1.31. The summed E-state index contributed by atoms with van der Waals surface area (Å²) in [6.07, 6.45) is 0. The molecule has 0 aliphatic heterocycles. The van der Waals surface area contributed by atoms with Gasteiger partial charge in [-0.25, -0.2) is 0 Å². The summed E-state index contributed by atoms with van der Waals surface area (Å²) in [6.45, 7) is 5.45. The number of Topliss-reactive ketones (excluding diaryl/α,β-unsaturated/α-hetero) is 1. The highest BCUT2D eigenvalue weighted by atomic mass is 32.1. The zero-order valence-electron chi connectivity index (χ0n) is 7.42. The average Bonchev–Trinajstić information content (AvgIpc) is 2.32. The van der Waals surface area contributed by atoms with Crippen LogP contribution in [0.25, 0.3) is 0 Å². The zero-order valence-corrected chi connectivity index (χ0v) is 8.23. The second-order valence-corrected chi connectivity index (χ2v) is 4.00. The third kappa shape index (κ3) is 1.50. The fourth-order valence-corrected chi connectivity index (χ4v) is 1.91. The van der Waals surface area contributed by atoms with Crippen LogP contribution in [0.4, 0.5) is 0 Å². The summed E-state index contributed by atoms with van der Waals surface area (Å²) in [5.41, 5.74) is 0.781. The lowest BCUT2D eigenvalue weighted by Gasteiger charge is -2.01. The highest BCUT2D eigenvalue weighted by Gasteiger charge is 2.17. The van der Waals surface area contributed by atoms with Crippen molar-refractivity contribution in [3.05, 3.63) is 15.8 Å².